The van der Waals surface area contributed by atoms with E-state index in [1.807, 2.05) is 0 Å². The van der Waals surface area contributed by atoms with Crippen LogP contribution in [0.1, 0.15) is 18.4 Å². The number of halogens is 3. The Labute approximate surface area is 119 Å². The zero-order chi connectivity index (χ0) is 13.8. The molecule has 0 aromatic heterocycles. The fourth-order valence-corrected chi connectivity index (χ4v) is 2.48. The minimum atomic E-state index is -0.624. The van der Waals surface area contributed by atoms with Gasteiger partial charge in [0.1, 0.15) is 11.6 Å². The van der Waals surface area contributed by atoms with E-state index in [2.05, 4.69) is 21.2 Å². The normalized spacial score (nSPS) is 15.0. The number of nitrogens with zero attached hydrogens (tertiary/aromatic N) is 1. The smallest absolute Gasteiger partial charge is 0.236 e. The number of hydrogen-bond acceptors (Lipinski definition) is 2. The van der Waals surface area contributed by atoms with Crippen LogP contribution in [0.5, 0.6) is 0 Å². The fraction of sp³-hybridized carbons (Fsp3) is 0.462. The first kappa shape index (κ1) is 14.4. The molecule has 0 radical (unpaired) electrons. The second kappa shape index (κ2) is 6.43. The lowest BCUT2D eigenvalue weighted by atomic mass is 10.2. The van der Waals surface area contributed by atoms with Gasteiger partial charge >= 0.3 is 0 Å². The molecule has 0 bridgehead atoms. The van der Waals surface area contributed by atoms with Crippen molar-refractivity contribution in [3.8, 4) is 0 Å². The lowest BCUT2D eigenvalue weighted by Crippen LogP contribution is -2.36. The van der Waals surface area contributed by atoms with Crippen LogP contribution in [0.2, 0.25) is 0 Å². The third-order valence-corrected chi connectivity index (χ3v) is 3.79. The summed E-state index contributed by atoms with van der Waals surface area (Å²) in [5, 5.41) is 2.80. The van der Waals surface area contributed by atoms with Crippen molar-refractivity contribution in [2.24, 2.45) is 0 Å². The Morgan fingerprint density at radius 3 is 2.68 bits per heavy atom. The average Bonchev–Trinajstić information content (AvgIpc) is 2.92. The summed E-state index contributed by atoms with van der Waals surface area (Å²) in [6.07, 6.45) is 2.06. The molecule has 0 unspecified atom stereocenters. The molecule has 1 aromatic rings. The van der Waals surface area contributed by atoms with Crippen molar-refractivity contribution in [1.82, 2.24) is 10.2 Å². The molecule has 0 saturated carbocycles. The van der Waals surface area contributed by atoms with Gasteiger partial charge in [0.05, 0.1) is 11.0 Å². The van der Waals surface area contributed by atoms with E-state index in [-0.39, 0.29) is 29.0 Å². The predicted molar refractivity (Wildman–Crippen MR) is 71.6 cm³/mol. The monoisotopic (exact) mass is 332 g/mol. The van der Waals surface area contributed by atoms with E-state index in [0.29, 0.717) is 0 Å². The summed E-state index contributed by atoms with van der Waals surface area (Å²) in [4.78, 5) is 13.5. The van der Waals surface area contributed by atoms with Crippen LogP contribution >= 0.6 is 15.9 Å². The van der Waals surface area contributed by atoms with E-state index in [4.69, 9.17) is 0 Å². The van der Waals surface area contributed by atoms with E-state index >= 15 is 0 Å². The van der Waals surface area contributed by atoms with E-state index in [1.165, 1.54) is 12.1 Å². The zero-order valence-corrected chi connectivity index (χ0v) is 12.0. The van der Waals surface area contributed by atoms with Crippen molar-refractivity contribution in [3.05, 3.63) is 33.8 Å². The average molecular weight is 333 g/mol. The number of amides is 1. The van der Waals surface area contributed by atoms with Gasteiger partial charge in [-0.3, -0.25) is 4.79 Å². The molecular formula is C13H15BrF2N2O. The lowest BCUT2D eigenvalue weighted by Gasteiger charge is -2.15. The predicted octanol–water partition coefficient (Wildman–Crippen LogP) is 2.44. The maximum atomic E-state index is 13.7. The van der Waals surface area contributed by atoms with Gasteiger partial charge in [-0.05, 0) is 40.9 Å². The molecule has 3 nitrogen and oxygen atoms in total. The van der Waals surface area contributed by atoms with E-state index in [9.17, 15) is 13.6 Å². The number of hydrogen-bond donors (Lipinski definition) is 1. The van der Waals surface area contributed by atoms with Crippen LogP contribution < -0.4 is 5.32 Å². The Kier molecular flexibility index (Phi) is 4.87. The molecule has 1 aliphatic rings. The first-order valence-corrected chi connectivity index (χ1v) is 7.00. The van der Waals surface area contributed by atoms with E-state index < -0.39 is 11.6 Å². The topological polar surface area (TPSA) is 32.3 Å². The number of benzene rings is 1. The number of carbonyl (C=O) groups excluding carboxylic acids is 1. The van der Waals surface area contributed by atoms with Crippen molar-refractivity contribution < 1.29 is 13.6 Å². The third kappa shape index (κ3) is 3.51. The minimum Gasteiger partial charge on any atom is -0.342 e. The summed E-state index contributed by atoms with van der Waals surface area (Å²) in [5.41, 5.74) is -0.0522. The maximum Gasteiger partial charge on any atom is 0.236 e. The Balaban J connectivity index is 1.89. The quantitative estimate of drug-likeness (QED) is 0.859. The van der Waals surface area contributed by atoms with Crippen molar-refractivity contribution in [3.63, 3.8) is 0 Å². The summed E-state index contributed by atoms with van der Waals surface area (Å²) >= 11 is 3.01. The summed E-state index contributed by atoms with van der Waals surface area (Å²) < 4.78 is 27.3. The van der Waals surface area contributed by atoms with Crippen LogP contribution in [0.4, 0.5) is 8.78 Å². The Hall–Kier alpha value is -1.01. The first-order chi connectivity index (χ1) is 9.09. The maximum absolute atomic E-state index is 13.7. The molecule has 1 fully saturated rings. The van der Waals surface area contributed by atoms with Gasteiger partial charge in [-0.15, -0.1) is 0 Å². The van der Waals surface area contributed by atoms with Crippen LogP contribution in [0.15, 0.2) is 16.6 Å². The van der Waals surface area contributed by atoms with Crippen LogP contribution in [-0.2, 0) is 11.3 Å². The number of nitrogens with one attached hydrogen (secondary N) is 1. The molecule has 1 aliphatic heterocycles. The molecule has 6 heteroatoms. The molecule has 0 atom stereocenters. The van der Waals surface area contributed by atoms with Gasteiger partial charge < -0.3 is 10.2 Å². The molecule has 1 saturated heterocycles. The summed E-state index contributed by atoms with van der Waals surface area (Å²) in [5.74, 6) is -1.25. The highest BCUT2D eigenvalue weighted by atomic mass is 79.9. The number of rotatable bonds is 4. The lowest BCUT2D eigenvalue weighted by molar-refractivity contribution is -0.129. The Morgan fingerprint density at radius 2 is 2.00 bits per heavy atom. The molecule has 1 aromatic carbocycles. The van der Waals surface area contributed by atoms with Crippen molar-refractivity contribution in [2.75, 3.05) is 19.6 Å². The summed E-state index contributed by atoms with van der Waals surface area (Å²) in [6, 6.07) is 2.52. The van der Waals surface area contributed by atoms with E-state index in [1.54, 1.807) is 4.90 Å². The molecule has 1 amide bonds. The van der Waals surface area contributed by atoms with Crippen LogP contribution in [0, 0.1) is 11.6 Å². The highest BCUT2D eigenvalue weighted by Crippen LogP contribution is 2.21. The SMILES string of the molecule is O=C(CNCc1c(F)ccc(Br)c1F)N1CCCC1. The van der Waals surface area contributed by atoms with Gasteiger partial charge in [-0.25, -0.2) is 8.78 Å². The van der Waals surface area contributed by atoms with Crippen molar-refractivity contribution >= 4 is 21.8 Å². The largest absolute Gasteiger partial charge is 0.342 e. The zero-order valence-electron chi connectivity index (χ0n) is 10.4. The second-order valence-electron chi connectivity index (χ2n) is 4.51. The van der Waals surface area contributed by atoms with Crippen molar-refractivity contribution in [1.29, 1.82) is 0 Å². The summed E-state index contributed by atoms with van der Waals surface area (Å²) in [7, 11) is 0. The number of likely N-dealkylation sites (tertiary alicyclic amines) is 1. The molecule has 104 valence electrons. The highest BCUT2D eigenvalue weighted by molar-refractivity contribution is 9.10. The Bertz CT molecular complexity index is 476. The molecule has 0 aliphatic carbocycles. The molecule has 2 rings (SSSR count). The van der Waals surface area contributed by atoms with Gasteiger partial charge in [0.2, 0.25) is 5.91 Å². The van der Waals surface area contributed by atoms with E-state index in [0.717, 1.165) is 25.9 Å². The van der Waals surface area contributed by atoms with Crippen LogP contribution in [0.25, 0.3) is 0 Å². The fourth-order valence-electron chi connectivity index (χ4n) is 2.10. The number of carbonyl (C=O) groups is 1. The van der Waals surface area contributed by atoms with Gasteiger partial charge in [0, 0.05) is 25.2 Å². The molecule has 19 heavy (non-hydrogen) atoms. The van der Waals surface area contributed by atoms with Crippen LogP contribution in [-0.4, -0.2) is 30.4 Å². The third-order valence-electron chi connectivity index (χ3n) is 3.18. The Morgan fingerprint density at radius 1 is 1.32 bits per heavy atom. The van der Waals surface area contributed by atoms with Crippen molar-refractivity contribution in [2.45, 2.75) is 19.4 Å². The molecule has 0 spiro atoms. The molecule has 1 heterocycles. The van der Waals surface area contributed by atoms with Crippen LogP contribution in [0.3, 0.4) is 0 Å². The summed E-state index contributed by atoms with van der Waals surface area (Å²) in [6.45, 7) is 1.66. The highest BCUT2D eigenvalue weighted by Gasteiger charge is 2.18. The molecule has 1 N–H and O–H groups in total. The van der Waals surface area contributed by atoms with Gasteiger partial charge in [0.15, 0.2) is 0 Å². The van der Waals surface area contributed by atoms with Gasteiger partial charge in [0.25, 0.3) is 0 Å². The van der Waals surface area contributed by atoms with Gasteiger partial charge in [-0.1, -0.05) is 0 Å². The standard InChI is InChI=1S/C13H15BrF2N2O/c14-10-3-4-11(15)9(13(10)16)7-17-8-12(19)18-5-1-2-6-18/h3-4,17H,1-2,5-8H2. The minimum absolute atomic E-state index is 0.00329. The first-order valence-electron chi connectivity index (χ1n) is 6.20. The molecular weight excluding hydrogens is 318 g/mol. The second-order valence-corrected chi connectivity index (χ2v) is 5.37. The van der Waals surface area contributed by atoms with Gasteiger partial charge in [-0.2, -0.15) is 0 Å².